The minimum absolute atomic E-state index is 0.108. The molecule has 0 aromatic heterocycles. The van der Waals surface area contributed by atoms with Crippen LogP contribution in [0.5, 0.6) is 0 Å². The molecule has 0 spiro atoms. The first-order valence-corrected chi connectivity index (χ1v) is 8.52. The minimum atomic E-state index is -0.286. The number of carbonyl (C=O) groups is 2. The lowest BCUT2D eigenvalue weighted by molar-refractivity contribution is -0.144. The van der Waals surface area contributed by atoms with E-state index in [1.807, 2.05) is 9.80 Å². The highest BCUT2D eigenvalue weighted by Gasteiger charge is 2.29. The van der Waals surface area contributed by atoms with E-state index in [2.05, 4.69) is 11.9 Å². The van der Waals surface area contributed by atoms with Crippen molar-refractivity contribution in [2.24, 2.45) is 5.73 Å². The van der Waals surface area contributed by atoms with Gasteiger partial charge in [0.2, 0.25) is 5.91 Å². The number of esters is 1. The maximum Gasteiger partial charge on any atom is 0.319 e. The van der Waals surface area contributed by atoms with Crippen molar-refractivity contribution in [1.82, 2.24) is 14.7 Å². The lowest BCUT2D eigenvalue weighted by Gasteiger charge is -2.37. The third-order valence-corrected chi connectivity index (χ3v) is 5.01. The predicted molar refractivity (Wildman–Crippen MR) is 87.9 cm³/mol. The van der Waals surface area contributed by atoms with Gasteiger partial charge in [-0.2, -0.15) is 0 Å². The van der Waals surface area contributed by atoms with Crippen LogP contribution in [0.4, 0.5) is 0 Å². The molecule has 1 aliphatic carbocycles. The first-order chi connectivity index (χ1) is 11.0. The van der Waals surface area contributed by atoms with E-state index in [0.29, 0.717) is 6.54 Å². The Morgan fingerprint density at radius 3 is 2.26 bits per heavy atom. The maximum atomic E-state index is 12.6. The number of hydrogen-bond acceptors (Lipinski definition) is 6. The van der Waals surface area contributed by atoms with Crippen molar-refractivity contribution in [1.29, 1.82) is 0 Å². The molecular weight excluding hydrogens is 296 g/mol. The molecule has 0 radical (unpaired) electrons. The molecule has 2 fully saturated rings. The summed E-state index contributed by atoms with van der Waals surface area (Å²) in [6, 6.07) is 0.491. The van der Waals surface area contributed by atoms with Gasteiger partial charge in [-0.3, -0.25) is 14.5 Å². The first-order valence-electron chi connectivity index (χ1n) is 8.52. The summed E-state index contributed by atoms with van der Waals surface area (Å²) in [5.41, 5.74) is 5.97. The molecule has 7 heteroatoms. The van der Waals surface area contributed by atoms with Crippen LogP contribution in [0.3, 0.4) is 0 Å². The summed E-state index contributed by atoms with van der Waals surface area (Å²) >= 11 is 0. The average Bonchev–Trinajstić information content (AvgIpc) is 2.55. The van der Waals surface area contributed by atoms with Gasteiger partial charge >= 0.3 is 5.97 Å². The van der Waals surface area contributed by atoms with Gasteiger partial charge in [0.05, 0.1) is 20.2 Å². The summed E-state index contributed by atoms with van der Waals surface area (Å²) in [5.74, 6) is -0.178. The maximum absolute atomic E-state index is 12.6. The number of hydrogen-bond donors (Lipinski definition) is 1. The zero-order valence-electron chi connectivity index (χ0n) is 14.4. The van der Waals surface area contributed by atoms with Crippen molar-refractivity contribution in [2.45, 2.75) is 37.8 Å². The quantitative estimate of drug-likeness (QED) is 0.687. The fraction of sp³-hybridized carbons (Fsp3) is 0.875. The second-order valence-electron chi connectivity index (χ2n) is 6.73. The normalized spacial score (nSPS) is 26.3. The van der Waals surface area contributed by atoms with E-state index in [-0.39, 0.29) is 30.5 Å². The Morgan fingerprint density at radius 2 is 1.70 bits per heavy atom. The third-order valence-electron chi connectivity index (χ3n) is 5.01. The smallest absolute Gasteiger partial charge is 0.319 e. The van der Waals surface area contributed by atoms with Crippen LogP contribution in [0.15, 0.2) is 0 Å². The zero-order chi connectivity index (χ0) is 16.8. The van der Waals surface area contributed by atoms with Crippen molar-refractivity contribution in [3.05, 3.63) is 0 Å². The minimum Gasteiger partial charge on any atom is -0.468 e. The highest BCUT2D eigenvalue weighted by molar-refractivity contribution is 5.79. The second-order valence-corrected chi connectivity index (χ2v) is 6.73. The summed E-state index contributed by atoms with van der Waals surface area (Å²) in [4.78, 5) is 30.4. The van der Waals surface area contributed by atoms with Gasteiger partial charge in [-0.1, -0.05) is 0 Å². The number of nitrogens with two attached hydrogens (primary N) is 1. The van der Waals surface area contributed by atoms with Crippen LogP contribution in [-0.2, 0) is 14.3 Å². The van der Waals surface area contributed by atoms with Gasteiger partial charge in [0.1, 0.15) is 0 Å². The summed E-state index contributed by atoms with van der Waals surface area (Å²) in [5, 5.41) is 0. The standard InChI is InChI=1S/C16H30N4O3/c1-18-7-9-19(10-8-18)15(21)11-20(12-16(22)23-2)14-5-3-13(17)4-6-14/h13-14H,3-12,17H2,1-2H3/t13-,14-. The van der Waals surface area contributed by atoms with Crippen molar-refractivity contribution in [3.63, 3.8) is 0 Å². The zero-order valence-corrected chi connectivity index (χ0v) is 14.4. The van der Waals surface area contributed by atoms with E-state index < -0.39 is 0 Å². The fourth-order valence-electron chi connectivity index (χ4n) is 3.34. The van der Waals surface area contributed by atoms with Gasteiger partial charge in [0.25, 0.3) is 0 Å². The van der Waals surface area contributed by atoms with Gasteiger partial charge in [-0.15, -0.1) is 0 Å². The lowest BCUT2D eigenvalue weighted by Crippen LogP contribution is -2.52. The van der Waals surface area contributed by atoms with Gasteiger partial charge in [0.15, 0.2) is 0 Å². The summed E-state index contributed by atoms with van der Waals surface area (Å²) in [6.07, 6.45) is 3.78. The third kappa shape index (κ3) is 5.44. The second kappa shape index (κ2) is 8.61. The first kappa shape index (κ1) is 18.2. The summed E-state index contributed by atoms with van der Waals surface area (Å²) < 4.78 is 4.80. The largest absolute Gasteiger partial charge is 0.468 e. The molecule has 132 valence electrons. The Bertz CT molecular complexity index is 402. The number of likely N-dealkylation sites (N-methyl/N-ethyl adjacent to an activating group) is 1. The van der Waals surface area contributed by atoms with Crippen LogP contribution >= 0.6 is 0 Å². The van der Waals surface area contributed by atoms with Crippen LogP contribution in [0.25, 0.3) is 0 Å². The molecule has 2 rings (SSSR count). The Hall–Kier alpha value is -1.18. The topological polar surface area (TPSA) is 79.1 Å². The van der Waals surface area contributed by atoms with Crippen LogP contribution < -0.4 is 5.73 Å². The molecule has 7 nitrogen and oxygen atoms in total. The Balaban J connectivity index is 1.93. The van der Waals surface area contributed by atoms with E-state index in [9.17, 15) is 9.59 Å². The van der Waals surface area contributed by atoms with Gasteiger partial charge in [-0.05, 0) is 32.7 Å². The molecule has 2 aliphatic rings. The van der Waals surface area contributed by atoms with Crippen molar-refractivity contribution >= 4 is 11.9 Å². The molecule has 0 aromatic rings. The van der Waals surface area contributed by atoms with Crippen LogP contribution in [-0.4, -0.2) is 92.1 Å². The molecule has 1 saturated heterocycles. The SMILES string of the molecule is COC(=O)CN(CC(=O)N1CCN(C)CC1)[C@H]1CC[C@H](N)CC1. The Kier molecular flexibility index (Phi) is 6.80. The molecule has 0 unspecified atom stereocenters. The van der Waals surface area contributed by atoms with E-state index in [0.717, 1.165) is 51.9 Å². The van der Waals surface area contributed by atoms with Gasteiger partial charge < -0.3 is 20.3 Å². The van der Waals surface area contributed by atoms with Crippen LogP contribution in [0.2, 0.25) is 0 Å². The van der Waals surface area contributed by atoms with E-state index in [1.54, 1.807) is 0 Å². The molecule has 1 saturated carbocycles. The Morgan fingerprint density at radius 1 is 1.09 bits per heavy atom. The highest BCUT2D eigenvalue weighted by atomic mass is 16.5. The molecule has 23 heavy (non-hydrogen) atoms. The number of piperazine rings is 1. The van der Waals surface area contributed by atoms with E-state index in [1.165, 1.54) is 7.11 Å². The number of rotatable bonds is 5. The Labute approximate surface area is 138 Å². The molecule has 0 bridgehead atoms. The molecular formula is C16H30N4O3. The van der Waals surface area contributed by atoms with Crippen LogP contribution in [0, 0.1) is 0 Å². The number of amides is 1. The molecule has 2 N–H and O–H groups in total. The van der Waals surface area contributed by atoms with Crippen molar-refractivity contribution < 1.29 is 14.3 Å². The fourth-order valence-corrected chi connectivity index (χ4v) is 3.34. The van der Waals surface area contributed by atoms with Gasteiger partial charge in [0, 0.05) is 38.3 Å². The van der Waals surface area contributed by atoms with Crippen molar-refractivity contribution in [2.75, 3.05) is 53.4 Å². The number of carbonyl (C=O) groups excluding carboxylic acids is 2. The summed E-state index contributed by atoms with van der Waals surface area (Å²) in [7, 11) is 3.45. The number of nitrogens with zero attached hydrogens (tertiary/aromatic N) is 3. The average molecular weight is 326 g/mol. The van der Waals surface area contributed by atoms with Crippen molar-refractivity contribution in [3.8, 4) is 0 Å². The summed E-state index contributed by atoms with van der Waals surface area (Å²) in [6.45, 7) is 3.80. The molecule has 0 atom stereocenters. The number of ether oxygens (including phenoxy) is 1. The molecule has 1 aliphatic heterocycles. The monoisotopic (exact) mass is 326 g/mol. The highest BCUT2D eigenvalue weighted by Crippen LogP contribution is 2.22. The number of methoxy groups -OCH3 is 1. The van der Waals surface area contributed by atoms with Gasteiger partial charge in [-0.25, -0.2) is 0 Å². The van der Waals surface area contributed by atoms with E-state index >= 15 is 0 Å². The molecule has 1 heterocycles. The lowest BCUT2D eigenvalue weighted by atomic mass is 9.90. The van der Waals surface area contributed by atoms with E-state index in [4.69, 9.17) is 10.5 Å². The predicted octanol–water partition coefficient (Wildman–Crippen LogP) is -0.495. The molecule has 0 aromatic carbocycles. The molecule has 1 amide bonds. The van der Waals surface area contributed by atoms with Crippen LogP contribution in [0.1, 0.15) is 25.7 Å².